The molecule has 4 rings (SSSR count). The Morgan fingerprint density at radius 3 is 2.69 bits per heavy atom. The van der Waals surface area contributed by atoms with Gasteiger partial charge in [0.15, 0.2) is 0 Å². The zero-order chi connectivity index (χ0) is 18.3. The van der Waals surface area contributed by atoms with Crippen LogP contribution in [0.25, 0.3) is 16.6 Å². The number of nitrogens with zero attached hydrogens (tertiary/aromatic N) is 3. The Bertz CT molecular complexity index is 1130. The number of para-hydroxylation sites is 1. The van der Waals surface area contributed by atoms with Crippen LogP contribution in [0.3, 0.4) is 0 Å². The molecule has 3 heterocycles. The van der Waals surface area contributed by atoms with Gasteiger partial charge in [0, 0.05) is 23.5 Å². The lowest BCUT2D eigenvalue weighted by atomic mass is 10.0. The van der Waals surface area contributed by atoms with E-state index in [1.54, 1.807) is 0 Å². The molecule has 0 radical (unpaired) electrons. The molecule has 0 fully saturated rings. The van der Waals surface area contributed by atoms with Crippen molar-refractivity contribution in [3.05, 3.63) is 71.8 Å². The zero-order valence-electron chi connectivity index (χ0n) is 15.0. The fraction of sp³-hybridized carbons (Fsp3) is 0.190. The number of rotatable bonds is 3. The van der Waals surface area contributed by atoms with Crippen LogP contribution in [0.1, 0.15) is 41.5 Å². The van der Waals surface area contributed by atoms with Crippen LogP contribution in [0.4, 0.5) is 5.69 Å². The monoisotopic (exact) mass is 344 g/mol. The third kappa shape index (κ3) is 2.92. The number of fused-ring (bicyclic) bond motifs is 2. The first-order chi connectivity index (χ1) is 12.5. The van der Waals surface area contributed by atoms with Crippen LogP contribution in [-0.2, 0) is 0 Å². The minimum Gasteiger partial charge on any atom is -0.321 e. The van der Waals surface area contributed by atoms with E-state index in [-0.39, 0.29) is 11.8 Å². The van der Waals surface area contributed by atoms with Crippen LogP contribution in [0.5, 0.6) is 0 Å². The highest BCUT2D eigenvalue weighted by Gasteiger charge is 2.15. The van der Waals surface area contributed by atoms with Gasteiger partial charge in [-0.1, -0.05) is 32.0 Å². The number of pyridine rings is 2. The molecule has 1 aromatic carbocycles. The first-order valence-electron chi connectivity index (χ1n) is 8.67. The summed E-state index contributed by atoms with van der Waals surface area (Å²) in [4.78, 5) is 22.1. The number of carbonyl (C=O) groups excluding carboxylic acids is 1. The molecule has 0 spiro atoms. The van der Waals surface area contributed by atoms with Crippen molar-refractivity contribution < 1.29 is 4.79 Å². The van der Waals surface area contributed by atoms with Gasteiger partial charge >= 0.3 is 0 Å². The number of carbonyl (C=O) groups is 1. The SMILES string of the molecule is Cc1cn2cc(NC(=O)c3cc(C(C)C)nc4ccccc34)ccc2n1. The predicted molar refractivity (Wildman–Crippen MR) is 104 cm³/mol. The molecule has 5 heteroatoms. The van der Waals surface area contributed by atoms with E-state index in [0.29, 0.717) is 5.56 Å². The Labute approximate surface area is 151 Å². The summed E-state index contributed by atoms with van der Waals surface area (Å²) in [5.41, 5.74) is 4.92. The second kappa shape index (κ2) is 6.26. The number of aryl methyl sites for hydroxylation is 1. The maximum absolute atomic E-state index is 13.0. The Balaban J connectivity index is 1.74. The maximum Gasteiger partial charge on any atom is 0.256 e. The summed E-state index contributed by atoms with van der Waals surface area (Å²) in [5, 5.41) is 3.86. The quantitative estimate of drug-likeness (QED) is 0.592. The fourth-order valence-corrected chi connectivity index (χ4v) is 3.07. The van der Waals surface area contributed by atoms with Crippen molar-refractivity contribution in [2.24, 2.45) is 0 Å². The second-order valence-corrected chi connectivity index (χ2v) is 6.79. The summed E-state index contributed by atoms with van der Waals surface area (Å²) in [6, 6.07) is 13.4. The molecule has 4 aromatic rings. The molecule has 0 aliphatic rings. The third-order valence-corrected chi connectivity index (χ3v) is 4.40. The van der Waals surface area contributed by atoms with E-state index in [4.69, 9.17) is 0 Å². The molecular weight excluding hydrogens is 324 g/mol. The van der Waals surface area contributed by atoms with Gasteiger partial charge in [0.2, 0.25) is 0 Å². The topological polar surface area (TPSA) is 59.3 Å². The summed E-state index contributed by atoms with van der Waals surface area (Å²) >= 11 is 0. The highest BCUT2D eigenvalue weighted by Crippen LogP contribution is 2.23. The molecule has 130 valence electrons. The standard InChI is InChI=1S/C21H20N4O/c1-13(2)19-10-17(16-6-4-5-7-18(16)24-19)21(26)23-15-8-9-20-22-14(3)11-25(20)12-15/h4-13H,1-3H3,(H,23,26). The number of imidazole rings is 1. The van der Waals surface area contributed by atoms with Crippen molar-refractivity contribution in [1.82, 2.24) is 14.4 Å². The largest absolute Gasteiger partial charge is 0.321 e. The van der Waals surface area contributed by atoms with E-state index >= 15 is 0 Å². The number of hydrogen-bond acceptors (Lipinski definition) is 3. The minimum atomic E-state index is -0.137. The molecule has 5 nitrogen and oxygen atoms in total. The lowest BCUT2D eigenvalue weighted by Crippen LogP contribution is -2.14. The Morgan fingerprint density at radius 2 is 1.88 bits per heavy atom. The van der Waals surface area contributed by atoms with Crippen molar-refractivity contribution in [3.8, 4) is 0 Å². The average Bonchev–Trinajstić information content (AvgIpc) is 2.99. The first-order valence-corrected chi connectivity index (χ1v) is 8.67. The van der Waals surface area contributed by atoms with Gasteiger partial charge in [-0.15, -0.1) is 0 Å². The van der Waals surface area contributed by atoms with Gasteiger partial charge in [0.05, 0.1) is 22.5 Å². The van der Waals surface area contributed by atoms with Crippen molar-refractivity contribution in [1.29, 1.82) is 0 Å². The van der Waals surface area contributed by atoms with Crippen molar-refractivity contribution in [2.45, 2.75) is 26.7 Å². The average molecular weight is 344 g/mol. The van der Waals surface area contributed by atoms with Crippen LogP contribution in [0.2, 0.25) is 0 Å². The molecule has 0 unspecified atom stereocenters. The van der Waals surface area contributed by atoms with Gasteiger partial charge in [-0.3, -0.25) is 9.78 Å². The Hall–Kier alpha value is -3.21. The molecule has 0 bridgehead atoms. The Morgan fingerprint density at radius 1 is 1.08 bits per heavy atom. The Kier molecular flexibility index (Phi) is 3.92. The van der Waals surface area contributed by atoms with Crippen LogP contribution in [0.15, 0.2) is 54.9 Å². The normalized spacial score (nSPS) is 11.4. The maximum atomic E-state index is 13.0. The smallest absolute Gasteiger partial charge is 0.256 e. The van der Waals surface area contributed by atoms with E-state index in [1.165, 1.54) is 0 Å². The molecular formula is C21H20N4O. The van der Waals surface area contributed by atoms with Crippen molar-refractivity contribution in [2.75, 3.05) is 5.32 Å². The lowest BCUT2D eigenvalue weighted by Gasteiger charge is -2.12. The summed E-state index contributed by atoms with van der Waals surface area (Å²) in [5.74, 6) is 0.109. The fourth-order valence-electron chi connectivity index (χ4n) is 3.07. The molecule has 0 aliphatic carbocycles. The number of nitrogens with one attached hydrogen (secondary N) is 1. The molecule has 0 atom stereocenters. The van der Waals surface area contributed by atoms with E-state index in [1.807, 2.05) is 66.2 Å². The number of amides is 1. The van der Waals surface area contributed by atoms with Gasteiger partial charge in [-0.05, 0) is 37.1 Å². The molecule has 1 amide bonds. The summed E-state index contributed by atoms with van der Waals surface area (Å²) in [6.07, 6.45) is 3.81. The van der Waals surface area contributed by atoms with E-state index in [0.717, 1.165) is 33.6 Å². The van der Waals surface area contributed by atoms with Crippen LogP contribution < -0.4 is 5.32 Å². The molecule has 0 saturated heterocycles. The number of hydrogen-bond donors (Lipinski definition) is 1. The zero-order valence-corrected chi connectivity index (χ0v) is 15.0. The molecule has 1 N–H and O–H groups in total. The number of aromatic nitrogens is 3. The van der Waals surface area contributed by atoms with Gasteiger partial charge < -0.3 is 9.72 Å². The van der Waals surface area contributed by atoms with E-state index in [9.17, 15) is 4.79 Å². The summed E-state index contributed by atoms with van der Waals surface area (Å²) < 4.78 is 1.91. The second-order valence-electron chi connectivity index (χ2n) is 6.79. The number of benzene rings is 1. The van der Waals surface area contributed by atoms with E-state index in [2.05, 4.69) is 29.1 Å². The van der Waals surface area contributed by atoms with Crippen LogP contribution >= 0.6 is 0 Å². The van der Waals surface area contributed by atoms with Gasteiger partial charge in [-0.2, -0.15) is 0 Å². The highest BCUT2D eigenvalue weighted by molar-refractivity contribution is 6.12. The summed E-state index contributed by atoms with van der Waals surface area (Å²) in [7, 11) is 0. The molecule has 26 heavy (non-hydrogen) atoms. The van der Waals surface area contributed by atoms with Crippen molar-refractivity contribution in [3.63, 3.8) is 0 Å². The molecule has 0 saturated carbocycles. The minimum absolute atomic E-state index is 0.137. The molecule has 0 aliphatic heterocycles. The van der Waals surface area contributed by atoms with E-state index < -0.39 is 0 Å². The molecule has 3 aromatic heterocycles. The third-order valence-electron chi connectivity index (χ3n) is 4.40. The lowest BCUT2D eigenvalue weighted by molar-refractivity contribution is 0.102. The van der Waals surface area contributed by atoms with Gasteiger partial charge in [0.25, 0.3) is 5.91 Å². The number of anilines is 1. The highest BCUT2D eigenvalue weighted by atomic mass is 16.1. The van der Waals surface area contributed by atoms with Crippen molar-refractivity contribution >= 4 is 28.1 Å². The summed E-state index contributed by atoms with van der Waals surface area (Å²) in [6.45, 7) is 6.10. The van der Waals surface area contributed by atoms with Gasteiger partial charge in [-0.25, -0.2) is 4.98 Å². The first kappa shape index (κ1) is 16.3. The predicted octanol–water partition coefficient (Wildman–Crippen LogP) is 4.57. The van der Waals surface area contributed by atoms with Gasteiger partial charge in [0.1, 0.15) is 5.65 Å². The van der Waals surface area contributed by atoms with Crippen LogP contribution in [0, 0.1) is 6.92 Å². The van der Waals surface area contributed by atoms with Crippen LogP contribution in [-0.4, -0.2) is 20.3 Å².